The molecule has 29 heavy (non-hydrogen) atoms. The lowest BCUT2D eigenvalue weighted by atomic mass is 10.1. The number of hydrogen-bond acceptors (Lipinski definition) is 3. The van der Waals surface area contributed by atoms with E-state index >= 15 is 0 Å². The monoisotopic (exact) mass is 475 g/mol. The van der Waals surface area contributed by atoms with Crippen LogP contribution in [0.1, 0.15) is 26.4 Å². The first-order valence-corrected chi connectivity index (χ1v) is 8.63. The number of carbonyl (C=O) groups is 2. The molecule has 0 atom stereocenters. The Labute approximate surface area is 175 Å². The fraction of sp³-hybridized carbons (Fsp3) is 0.188. The van der Waals surface area contributed by atoms with E-state index < -0.39 is 47.2 Å². The number of aromatic nitrogens is 1. The fourth-order valence-corrected chi connectivity index (χ4v) is 2.87. The third-order valence-corrected chi connectivity index (χ3v) is 4.14. The molecule has 0 aliphatic heterocycles. The summed E-state index contributed by atoms with van der Waals surface area (Å²) in [5.74, 6) is -2.10. The number of rotatable bonds is 5. The molecule has 2 rings (SSSR count). The number of alkyl halides is 5. The van der Waals surface area contributed by atoms with Crippen molar-refractivity contribution in [1.29, 1.82) is 0 Å². The van der Waals surface area contributed by atoms with Crippen LogP contribution in [0.15, 0.2) is 24.4 Å². The SMILES string of the molecule is O=C(NCC(F)F)c1cc(Cl)cc(Cl)c1NC(=O)c1ncc(C(F)(F)F)cc1Cl. The Hall–Kier alpha value is -2.17. The van der Waals surface area contributed by atoms with Gasteiger partial charge >= 0.3 is 6.18 Å². The van der Waals surface area contributed by atoms with Crippen molar-refractivity contribution in [1.82, 2.24) is 10.3 Å². The van der Waals surface area contributed by atoms with E-state index in [1.165, 1.54) is 0 Å². The topological polar surface area (TPSA) is 71.1 Å². The van der Waals surface area contributed by atoms with Gasteiger partial charge in [-0.25, -0.2) is 13.8 Å². The lowest BCUT2D eigenvalue weighted by molar-refractivity contribution is -0.137. The van der Waals surface area contributed by atoms with Crippen LogP contribution in [-0.4, -0.2) is 29.8 Å². The minimum Gasteiger partial charge on any atom is -0.346 e. The van der Waals surface area contributed by atoms with E-state index in [0.717, 1.165) is 12.1 Å². The number of anilines is 1. The zero-order valence-corrected chi connectivity index (χ0v) is 16.1. The maximum Gasteiger partial charge on any atom is 0.417 e. The largest absolute Gasteiger partial charge is 0.417 e. The molecule has 0 aliphatic carbocycles. The number of hydrogen-bond donors (Lipinski definition) is 2. The summed E-state index contributed by atoms with van der Waals surface area (Å²) in [5.41, 5.74) is -2.41. The molecule has 5 nitrogen and oxygen atoms in total. The molecule has 1 aromatic carbocycles. The minimum atomic E-state index is -4.72. The summed E-state index contributed by atoms with van der Waals surface area (Å²) in [6, 6.07) is 2.72. The quantitative estimate of drug-likeness (QED) is 0.575. The predicted molar refractivity (Wildman–Crippen MR) is 97.0 cm³/mol. The van der Waals surface area contributed by atoms with Crippen LogP contribution in [0.4, 0.5) is 27.6 Å². The molecule has 2 N–H and O–H groups in total. The van der Waals surface area contributed by atoms with Crippen molar-refractivity contribution >= 4 is 52.3 Å². The molecule has 0 aliphatic rings. The zero-order chi connectivity index (χ0) is 21.9. The summed E-state index contributed by atoms with van der Waals surface area (Å²) in [6.07, 6.45) is -7.15. The summed E-state index contributed by atoms with van der Waals surface area (Å²) in [6.45, 7) is -0.970. The first-order chi connectivity index (χ1) is 13.4. The molecular formula is C16H9Cl3F5N3O2. The fourth-order valence-electron chi connectivity index (χ4n) is 2.08. The third-order valence-electron chi connectivity index (χ3n) is 3.34. The lowest BCUT2D eigenvalue weighted by Gasteiger charge is -2.14. The summed E-state index contributed by atoms with van der Waals surface area (Å²) in [4.78, 5) is 27.9. The molecule has 0 saturated heterocycles. The molecule has 2 amide bonds. The second-order valence-corrected chi connectivity index (χ2v) is 6.67. The molecular weight excluding hydrogens is 468 g/mol. The van der Waals surface area contributed by atoms with Gasteiger partial charge in [-0.3, -0.25) is 9.59 Å². The number of halogens is 8. The van der Waals surface area contributed by atoms with Gasteiger partial charge in [0.2, 0.25) is 0 Å². The van der Waals surface area contributed by atoms with Gasteiger partial charge in [-0.2, -0.15) is 13.2 Å². The number of pyridine rings is 1. The summed E-state index contributed by atoms with van der Waals surface area (Å²) >= 11 is 17.5. The molecule has 1 aromatic heterocycles. The van der Waals surface area contributed by atoms with Gasteiger partial charge in [-0.1, -0.05) is 34.8 Å². The molecule has 0 radical (unpaired) electrons. The van der Waals surface area contributed by atoms with Crippen molar-refractivity contribution in [3.8, 4) is 0 Å². The van der Waals surface area contributed by atoms with Crippen LogP contribution >= 0.6 is 34.8 Å². The summed E-state index contributed by atoms with van der Waals surface area (Å²) < 4.78 is 62.7. The number of carbonyl (C=O) groups excluding carboxylic acids is 2. The van der Waals surface area contributed by atoms with Gasteiger partial charge in [0.15, 0.2) is 0 Å². The van der Waals surface area contributed by atoms with Crippen LogP contribution in [0.5, 0.6) is 0 Å². The van der Waals surface area contributed by atoms with Crippen molar-refractivity contribution < 1.29 is 31.5 Å². The Kier molecular flexibility index (Phi) is 7.25. The molecule has 0 spiro atoms. The first kappa shape index (κ1) is 23.1. The van der Waals surface area contributed by atoms with Crippen molar-refractivity contribution in [2.45, 2.75) is 12.6 Å². The van der Waals surface area contributed by atoms with Crippen molar-refractivity contribution in [2.24, 2.45) is 0 Å². The molecule has 2 aromatic rings. The second kappa shape index (κ2) is 9.10. The Morgan fingerprint density at radius 2 is 1.69 bits per heavy atom. The van der Waals surface area contributed by atoms with Gasteiger partial charge in [0.1, 0.15) is 5.69 Å². The van der Waals surface area contributed by atoms with Crippen LogP contribution in [0, 0.1) is 0 Å². The Morgan fingerprint density at radius 1 is 1.03 bits per heavy atom. The number of benzene rings is 1. The van der Waals surface area contributed by atoms with Gasteiger partial charge in [0, 0.05) is 11.2 Å². The zero-order valence-electron chi connectivity index (χ0n) is 13.9. The molecule has 13 heteroatoms. The highest BCUT2D eigenvalue weighted by molar-refractivity contribution is 6.38. The van der Waals surface area contributed by atoms with Crippen molar-refractivity contribution in [2.75, 3.05) is 11.9 Å². The molecule has 156 valence electrons. The van der Waals surface area contributed by atoms with E-state index in [1.807, 2.05) is 5.32 Å². The van der Waals surface area contributed by atoms with Crippen LogP contribution in [0.3, 0.4) is 0 Å². The second-order valence-electron chi connectivity index (χ2n) is 5.42. The van der Waals surface area contributed by atoms with Crippen LogP contribution in [0.25, 0.3) is 0 Å². The molecule has 0 unspecified atom stereocenters. The van der Waals surface area contributed by atoms with E-state index in [0.29, 0.717) is 12.3 Å². The van der Waals surface area contributed by atoms with E-state index in [4.69, 9.17) is 34.8 Å². The normalized spacial score (nSPS) is 11.5. The molecule has 1 heterocycles. The van der Waals surface area contributed by atoms with E-state index in [1.54, 1.807) is 0 Å². The maximum atomic E-state index is 12.7. The minimum absolute atomic E-state index is 0.0270. The average molecular weight is 477 g/mol. The molecule has 0 bridgehead atoms. The third kappa shape index (κ3) is 5.91. The number of nitrogens with one attached hydrogen (secondary N) is 2. The highest BCUT2D eigenvalue weighted by Crippen LogP contribution is 2.33. The summed E-state index contributed by atoms with van der Waals surface area (Å²) in [5, 5.41) is 3.24. The lowest BCUT2D eigenvalue weighted by Crippen LogP contribution is -2.29. The summed E-state index contributed by atoms with van der Waals surface area (Å²) in [7, 11) is 0. The van der Waals surface area contributed by atoms with Gasteiger partial charge in [0.25, 0.3) is 18.2 Å². The number of amides is 2. The van der Waals surface area contributed by atoms with Gasteiger partial charge < -0.3 is 10.6 Å². The number of nitrogens with zero attached hydrogens (tertiary/aromatic N) is 1. The van der Waals surface area contributed by atoms with E-state index in [9.17, 15) is 31.5 Å². The molecule has 0 saturated carbocycles. The van der Waals surface area contributed by atoms with Crippen LogP contribution in [0.2, 0.25) is 15.1 Å². The standard InChI is InChI=1S/C16H9Cl3F5N3O2/c17-7-2-8(14(28)26-5-11(20)21)12(10(19)3-7)27-15(29)13-9(18)1-6(4-25-13)16(22,23)24/h1-4,11H,5H2,(H,26,28)(H,27,29). The average Bonchev–Trinajstić information content (AvgIpc) is 2.60. The van der Waals surface area contributed by atoms with E-state index in [2.05, 4.69) is 10.3 Å². The van der Waals surface area contributed by atoms with E-state index in [-0.39, 0.29) is 21.3 Å². The maximum absolute atomic E-state index is 12.7. The Balaban J connectivity index is 2.36. The first-order valence-electron chi connectivity index (χ1n) is 7.49. The van der Waals surface area contributed by atoms with Crippen LogP contribution < -0.4 is 10.6 Å². The highest BCUT2D eigenvalue weighted by Gasteiger charge is 2.32. The molecule has 0 fully saturated rings. The smallest absolute Gasteiger partial charge is 0.346 e. The van der Waals surface area contributed by atoms with Crippen molar-refractivity contribution in [3.05, 3.63) is 56.3 Å². The van der Waals surface area contributed by atoms with Crippen LogP contribution in [-0.2, 0) is 6.18 Å². The Bertz CT molecular complexity index is 954. The van der Waals surface area contributed by atoms with Gasteiger partial charge in [-0.05, 0) is 18.2 Å². The van der Waals surface area contributed by atoms with Gasteiger partial charge in [0.05, 0.1) is 33.4 Å². The van der Waals surface area contributed by atoms with Gasteiger partial charge in [-0.15, -0.1) is 0 Å². The predicted octanol–water partition coefficient (Wildman–Crippen LogP) is 5.31. The highest BCUT2D eigenvalue weighted by atomic mass is 35.5. The Morgan fingerprint density at radius 3 is 2.24 bits per heavy atom. The van der Waals surface area contributed by atoms with Crippen molar-refractivity contribution in [3.63, 3.8) is 0 Å².